The maximum atomic E-state index is 12.5. The summed E-state index contributed by atoms with van der Waals surface area (Å²) in [6, 6.07) is 13.7. The zero-order chi connectivity index (χ0) is 21.1. The van der Waals surface area contributed by atoms with E-state index in [0.29, 0.717) is 42.7 Å². The first-order chi connectivity index (χ1) is 14.6. The Labute approximate surface area is 179 Å². The maximum Gasteiger partial charge on any atom is 0.232 e. The van der Waals surface area contributed by atoms with Crippen LogP contribution in [0.2, 0.25) is 0 Å². The molecule has 2 heterocycles. The van der Waals surface area contributed by atoms with Crippen LogP contribution in [0.4, 0.5) is 0 Å². The van der Waals surface area contributed by atoms with Gasteiger partial charge in [-0.15, -0.1) is 11.8 Å². The Morgan fingerprint density at radius 3 is 2.60 bits per heavy atom. The summed E-state index contributed by atoms with van der Waals surface area (Å²) in [6.07, 6.45) is 2.42. The van der Waals surface area contributed by atoms with Crippen LogP contribution in [0.1, 0.15) is 23.8 Å². The molecule has 3 aromatic rings. The average Bonchev–Trinajstić information content (AvgIpc) is 3.41. The number of carbonyl (C=O) groups is 1. The first-order valence-electron chi connectivity index (χ1n) is 9.58. The number of hydrogen-bond acceptors (Lipinski definition) is 7. The number of benzene rings is 2. The minimum absolute atomic E-state index is 0.0970. The molecule has 0 spiro atoms. The smallest absolute Gasteiger partial charge is 0.232 e. The molecule has 30 heavy (non-hydrogen) atoms. The maximum absolute atomic E-state index is 12.5. The fourth-order valence-electron chi connectivity index (χ4n) is 3.54. The summed E-state index contributed by atoms with van der Waals surface area (Å²) >= 11 is 1.70. The standard InChI is InChI=1S/C22H23N3O4S/c1-27-18-9-6-15(10-19(18)28-2)21-23-22(29-24-21)16-11-20(26)25(13-16)12-14-4-7-17(30-3)8-5-14/h4-10,16H,11-13H2,1-3H3. The topological polar surface area (TPSA) is 77.7 Å². The number of aromatic nitrogens is 2. The molecule has 1 fully saturated rings. The summed E-state index contributed by atoms with van der Waals surface area (Å²) in [6.45, 7) is 1.15. The lowest BCUT2D eigenvalue weighted by Gasteiger charge is -2.16. The SMILES string of the molecule is COc1ccc(-c2noc(C3CC(=O)N(Cc4ccc(SC)cc4)C3)n2)cc1OC. The highest BCUT2D eigenvalue weighted by Crippen LogP contribution is 2.33. The molecular weight excluding hydrogens is 402 g/mol. The fraction of sp³-hybridized carbons (Fsp3) is 0.318. The number of methoxy groups -OCH3 is 2. The van der Waals surface area contributed by atoms with Crippen molar-refractivity contribution >= 4 is 17.7 Å². The molecule has 0 aliphatic carbocycles. The highest BCUT2D eigenvalue weighted by molar-refractivity contribution is 7.98. The highest BCUT2D eigenvalue weighted by Gasteiger charge is 2.34. The molecule has 1 unspecified atom stereocenters. The second-order valence-corrected chi connectivity index (χ2v) is 7.93. The van der Waals surface area contributed by atoms with E-state index in [1.807, 2.05) is 17.2 Å². The zero-order valence-corrected chi connectivity index (χ0v) is 17.9. The van der Waals surface area contributed by atoms with E-state index in [9.17, 15) is 4.79 Å². The lowest BCUT2D eigenvalue weighted by Crippen LogP contribution is -2.24. The predicted octanol–water partition coefficient (Wildman–Crippen LogP) is 3.99. The summed E-state index contributed by atoms with van der Waals surface area (Å²) in [5, 5.41) is 4.10. The van der Waals surface area contributed by atoms with E-state index < -0.39 is 0 Å². The number of carbonyl (C=O) groups excluding carboxylic acids is 1. The van der Waals surface area contributed by atoms with Crippen LogP contribution in [0.3, 0.4) is 0 Å². The largest absolute Gasteiger partial charge is 0.493 e. The van der Waals surface area contributed by atoms with Gasteiger partial charge < -0.3 is 18.9 Å². The number of rotatable bonds is 7. The minimum atomic E-state index is -0.107. The summed E-state index contributed by atoms with van der Waals surface area (Å²) < 4.78 is 16.1. The van der Waals surface area contributed by atoms with E-state index in [-0.39, 0.29) is 11.8 Å². The van der Waals surface area contributed by atoms with Crippen LogP contribution in [0, 0.1) is 0 Å². The molecular formula is C22H23N3O4S. The number of nitrogens with zero attached hydrogens (tertiary/aromatic N) is 3. The van der Waals surface area contributed by atoms with Crippen molar-refractivity contribution in [1.29, 1.82) is 0 Å². The highest BCUT2D eigenvalue weighted by atomic mass is 32.2. The van der Waals surface area contributed by atoms with Crippen LogP contribution < -0.4 is 9.47 Å². The van der Waals surface area contributed by atoms with Gasteiger partial charge in [0.15, 0.2) is 11.5 Å². The molecule has 156 valence electrons. The molecule has 2 aromatic carbocycles. The Hall–Kier alpha value is -3.00. The first-order valence-corrected chi connectivity index (χ1v) is 10.8. The van der Waals surface area contributed by atoms with Gasteiger partial charge in [0.1, 0.15) is 0 Å². The normalized spacial score (nSPS) is 16.2. The van der Waals surface area contributed by atoms with Crippen molar-refractivity contribution in [3.8, 4) is 22.9 Å². The Morgan fingerprint density at radius 2 is 1.90 bits per heavy atom. The molecule has 1 atom stereocenters. The van der Waals surface area contributed by atoms with E-state index >= 15 is 0 Å². The Kier molecular flexibility index (Phi) is 5.94. The van der Waals surface area contributed by atoms with Gasteiger partial charge in [0.2, 0.25) is 17.6 Å². The van der Waals surface area contributed by atoms with E-state index in [4.69, 9.17) is 14.0 Å². The molecule has 0 radical (unpaired) electrons. The van der Waals surface area contributed by atoms with Crippen molar-refractivity contribution in [3.63, 3.8) is 0 Å². The van der Waals surface area contributed by atoms with E-state index in [0.717, 1.165) is 11.1 Å². The van der Waals surface area contributed by atoms with Gasteiger partial charge in [0.25, 0.3) is 0 Å². The van der Waals surface area contributed by atoms with Gasteiger partial charge in [-0.1, -0.05) is 17.3 Å². The van der Waals surface area contributed by atoms with Gasteiger partial charge in [-0.05, 0) is 42.2 Å². The summed E-state index contributed by atoms with van der Waals surface area (Å²) in [5.41, 5.74) is 1.87. The van der Waals surface area contributed by atoms with Gasteiger partial charge in [0, 0.05) is 30.0 Å². The van der Waals surface area contributed by atoms with Crippen molar-refractivity contribution in [2.45, 2.75) is 23.8 Å². The summed E-state index contributed by atoms with van der Waals surface area (Å²) in [4.78, 5) is 20.1. The van der Waals surface area contributed by atoms with E-state index in [1.54, 1.807) is 38.1 Å². The van der Waals surface area contributed by atoms with Crippen molar-refractivity contribution < 1.29 is 18.8 Å². The van der Waals surface area contributed by atoms with E-state index in [2.05, 4.69) is 34.4 Å². The van der Waals surface area contributed by atoms with Crippen molar-refractivity contribution in [2.24, 2.45) is 0 Å². The molecule has 4 rings (SSSR count). The number of thioether (sulfide) groups is 1. The van der Waals surface area contributed by atoms with Crippen LogP contribution in [-0.2, 0) is 11.3 Å². The lowest BCUT2D eigenvalue weighted by molar-refractivity contribution is -0.128. The third kappa shape index (κ3) is 4.14. The van der Waals surface area contributed by atoms with Crippen LogP contribution in [-0.4, -0.2) is 48.0 Å². The molecule has 7 nitrogen and oxygen atoms in total. The van der Waals surface area contributed by atoms with Gasteiger partial charge in [-0.2, -0.15) is 4.98 Å². The Morgan fingerprint density at radius 1 is 1.13 bits per heavy atom. The van der Waals surface area contributed by atoms with Crippen molar-refractivity contribution in [2.75, 3.05) is 27.0 Å². The molecule has 1 saturated heterocycles. The lowest BCUT2D eigenvalue weighted by atomic mass is 10.1. The van der Waals surface area contributed by atoms with Crippen LogP contribution in [0.5, 0.6) is 11.5 Å². The van der Waals surface area contributed by atoms with Crippen molar-refractivity contribution in [1.82, 2.24) is 15.0 Å². The van der Waals surface area contributed by atoms with Gasteiger partial charge >= 0.3 is 0 Å². The monoisotopic (exact) mass is 425 g/mol. The number of ether oxygens (including phenoxy) is 2. The molecule has 1 amide bonds. The Balaban J connectivity index is 1.46. The Bertz CT molecular complexity index is 1040. The van der Waals surface area contributed by atoms with Gasteiger partial charge in [0.05, 0.1) is 20.1 Å². The summed E-state index contributed by atoms with van der Waals surface area (Å²) in [7, 11) is 3.17. The third-order valence-corrected chi connectivity index (χ3v) is 5.92. The molecule has 1 aromatic heterocycles. The minimum Gasteiger partial charge on any atom is -0.493 e. The quantitative estimate of drug-likeness (QED) is 0.530. The molecule has 8 heteroatoms. The fourth-order valence-corrected chi connectivity index (χ4v) is 3.94. The van der Waals surface area contributed by atoms with Crippen LogP contribution in [0.15, 0.2) is 51.9 Å². The van der Waals surface area contributed by atoms with Crippen molar-refractivity contribution in [3.05, 3.63) is 53.9 Å². The second-order valence-electron chi connectivity index (χ2n) is 7.05. The zero-order valence-electron chi connectivity index (χ0n) is 17.1. The third-order valence-electron chi connectivity index (χ3n) is 5.18. The first kappa shape index (κ1) is 20.3. The molecule has 1 aliphatic heterocycles. The number of amides is 1. The van der Waals surface area contributed by atoms with Gasteiger partial charge in [-0.3, -0.25) is 4.79 Å². The molecule has 0 N–H and O–H groups in total. The molecule has 0 saturated carbocycles. The van der Waals surface area contributed by atoms with Gasteiger partial charge in [-0.25, -0.2) is 0 Å². The second kappa shape index (κ2) is 8.79. The predicted molar refractivity (Wildman–Crippen MR) is 114 cm³/mol. The number of likely N-dealkylation sites (tertiary alicyclic amines) is 1. The molecule has 1 aliphatic rings. The van der Waals surface area contributed by atoms with Crippen LogP contribution in [0.25, 0.3) is 11.4 Å². The van der Waals surface area contributed by atoms with Crippen LogP contribution >= 0.6 is 11.8 Å². The summed E-state index contributed by atoms with van der Waals surface area (Å²) in [5.74, 6) is 2.16. The molecule has 0 bridgehead atoms. The average molecular weight is 426 g/mol. The van der Waals surface area contributed by atoms with E-state index in [1.165, 1.54) is 4.90 Å². The number of hydrogen-bond donors (Lipinski definition) is 0.